The van der Waals surface area contributed by atoms with Gasteiger partial charge in [-0.15, -0.1) is 0 Å². The van der Waals surface area contributed by atoms with E-state index in [4.69, 9.17) is 4.74 Å². The Morgan fingerprint density at radius 2 is 1.75 bits per heavy atom. The molecule has 0 bridgehead atoms. The van der Waals surface area contributed by atoms with Gasteiger partial charge in [-0.2, -0.15) is 0 Å². The van der Waals surface area contributed by atoms with Crippen LogP contribution >= 0.6 is 0 Å². The minimum atomic E-state index is 0.789. The first-order valence-corrected chi connectivity index (χ1v) is 5.01. The highest BCUT2D eigenvalue weighted by atomic mass is 16.5. The topological polar surface area (TPSA) is 9.23 Å². The van der Waals surface area contributed by atoms with Gasteiger partial charge in [0, 0.05) is 6.42 Å². The molecule has 0 fully saturated rings. The number of unbranched alkanes of at least 4 members (excludes halogenated alkanes) is 4. The van der Waals surface area contributed by atoms with Crippen LogP contribution in [0, 0.1) is 12.0 Å². The van der Waals surface area contributed by atoms with Crippen LogP contribution in [0.25, 0.3) is 0 Å². The zero-order valence-corrected chi connectivity index (χ0v) is 8.36. The van der Waals surface area contributed by atoms with Gasteiger partial charge in [0.1, 0.15) is 12.7 Å². The van der Waals surface area contributed by atoms with Crippen LogP contribution in [-0.4, -0.2) is 6.61 Å². The monoisotopic (exact) mass is 168 g/mol. The normalized spacial score (nSPS) is 8.83. The van der Waals surface area contributed by atoms with Gasteiger partial charge in [0.15, 0.2) is 0 Å². The third kappa shape index (κ3) is 9.36. The molecule has 0 rings (SSSR count). The van der Waals surface area contributed by atoms with E-state index < -0.39 is 0 Å². The molecule has 0 N–H and O–H groups in total. The van der Waals surface area contributed by atoms with E-state index in [1.165, 1.54) is 25.7 Å². The van der Waals surface area contributed by atoms with E-state index in [2.05, 4.69) is 25.9 Å². The lowest BCUT2D eigenvalue weighted by atomic mass is 10.2. The number of ether oxygens (including phenoxy) is 1. The van der Waals surface area contributed by atoms with E-state index in [1.54, 1.807) is 0 Å². The maximum absolute atomic E-state index is 5.09. The highest BCUT2D eigenvalue weighted by molar-refractivity contribution is 4.90. The van der Waals surface area contributed by atoms with Crippen molar-refractivity contribution in [3.8, 4) is 12.0 Å². The molecule has 1 heteroatoms. The molecule has 0 spiro atoms. The van der Waals surface area contributed by atoms with Crippen LogP contribution in [0.15, 0.2) is 0 Å². The Labute approximate surface area is 76.5 Å². The average Bonchev–Trinajstić information content (AvgIpc) is 2.10. The second-order valence-corrected chi connectivity index (χ2v) is 2.94. The van der Waals surface area contributed by atoms with Crippen LogP contribution in [0.3, 0.4) is 0 Å². The molecule has 0 aromatic rings. The van der Waals surface area contributed by atoms with E-state index in [0.717, 1.165) is 19.4 Å². The fraction of sp³-hybridized carbons (Fsp3) is 0.818. The second kappa shape index (κ2) is 10.4. The van der Waals surface area contributed by atoms with Crippen molar-refractivity contribution >= 4 is 0 Å². The van der Waals surface area contributed by atoms with E-state index in [-0.39, 0.29) is 0 Å². The van der Waals surface area contributed by atoms with E-state index in [9.17, 15) is 0 Å². The molecular weight excluding hydrogens is 148 g/mol. The summed E-state index contributed by atoms with van der Waals surface area (Å²) in [4.78, 5) is 0. The van der Waals surface area contributed by atoms with Crippen molar-refractivity contribution in [3.05, 3.63) is 0 Å². The lowest BCUT2D eigenvalue weighted by molar-refractivity contribution is 0.270. The Morgan fingerprint density at radius 3 is 2.42 bits per heavy atom. The molecule has 0 atom stereocenters. The van der Waals surface area contributed by atoms with Crippen molar-refractivity contribution in [2.75, 3.05) is 6.61 Å². The van der Waals surface area contributed by atoms with Gasteiger partial charge in [-0.05, 0) is 12.8 Å². The summed E-state index contributed by atoms with van der Waals surface area (Å²) in [7, 11) is 0. The molecule has 0 heterocycles. The Morgan fingerprint density at radius 1 is 1.00 bits per heavy atom. The highest BCUT2D eigenvalue weighted by Gasteiger charge is 1.81. The first-order chi connectivity index (χ1) is 5.91. The molecule has 0 aromatic heterocycles. The molecule has 0 aromatic carbocycles. The van der Waals surface area contributed by atoms with Crippen LogP contribution in [-0.2, 0) is 4.74 Å². The van der Waals surface area contributed by atoms with Gasteiger partial charge in [0.25, 0.3) is 0 Å². The number of rotatable bonds is 6. The lowest BCUT2D eigenvalue weighted by Crippen LogP contribution is -1.85. The summed E-state index contributed by atoms with van der Waals surface area (Å²) in [6.07, 6.45) is 9.76. The highest BCUT2D eigenvalue weighted by Crippen LogP contribution is 1.96. The van der Waals surface area contributed by atoms with Gasteiger partial charge < -0.3 is 4.74 Å². The van der Waals surface area contributed by atoms with Crippen molar-refractivity contribution in [3.63, 3.8) is 0 Å². The second-order valence-electron chi connectivity index (χ2n) is 2.94. The first-order valence-electron chi connectivity index (χ1n) is 5.01. The Hall–Kier alpha value is -0.640. The van der Waals surface area contributed by atoms with E-state index in [1.807, 2.05) is 0 Å². The number of hydrogen-bond acceptors (Lipinski definition) is 1. The van der Waals surface area contributed by atoms with Gasteiger partial charge in [-0.1, -0.05) is 39.0 Å². The molecule has 12 heavy (non-hydrogen) atoms. The van der Waals surface area contributed by atoms with Crippen molar-refractivity contribution < 1.29 is 4.74 Å². The molecule has 0 saturated heterocycles. The van der Waals surface area contributed by atoms with Gasteiger partial charge in [0.05, 0.1) is 0 Å². The molecule has 1 nitrogen and oxygen atoms in total. The quantitative estimate of drug-likeness (QED) is 0.436. The standard InChI is InChI=1S/C11H20O/c1-3-5-7-8-9-11-12-10-6-4-2/h3-8,10H2,1-2H3. The summed E-state index contributed by atoms with van der Waals surface area (Å²) < 4.78 is 5.09. The summed E-state index contributed by atoms with van der Waals surface area (Å²) in [5, 5.41) is 0. The average molecular weight is 168 g/mol. The molecule has 0 saturated carbocycles. The summed E-state index contributed by atoms with van der Waals surface area (Å²) in [5.74, 6) is 3.01. The Balaban J connectivity index is 3.01. The summed E-state index contributed by atoms with van der Waals surface area (Å²) in [6, 6.07) is 0. The van der Waals surface area contributed by atoms with E-state index in [0.29, 0.717) is 0 Å². The van der Waals surface area contributed by atoms with Crippen molar-refractivity contribution in [2.45, 2.75) is 52.4 Å². The molecule has 0 aliphatic carbocycles. The summed E-state index contributed by atoms with van der Waals surface area (Å²) in [5.41, 5.74) is 0. The predicted molar refractivity (Wildman–Crippen MR) is 52.8 cm³/mol. The molecule has 0 radical (unpaired) electrons. The summed E-state index contributed by atoms with van der Waals surface area (Å²) >= 11 is 0. The fourth-order valence-electron chi connectivity index (χ4n) is 0.833. The summed E-state index contributed by atoms with van der Waals surface area (Å²) in [6.45, 7) is 5.14. The molecule has 70 valence electrons. The molecule has 0 aliphatic rings. The van der Waals surface area contributed by atoms with Crippen LogP contribution in [0.5, 0.6) is 0 Å². The number of hydrogen-bond donors (Lipinski definition) is 0. The van der Waals surface area contributed by atoms with Gasteiger partial charge in [-0.3, -0.25) is 0 Å². The van der Waals surface area contributed by atoms with Crippen molar-refractivity contribution in [1.82, 2.24) is 0 Å². The lowest BCUT2D eigenvalue weighted by Gasteiger charge is -1.92. The van der Waals surface area contributed by atoms with Crippen LogP contribution < -0.4 is 0 Å². The SMILES string of the molecule is CCCCCC#COCCCC. The maximum atomic E-state index is 5.09. The Kier molecular flexibility index (Phi) is 9.81. The third-order valence-electron chi connectivity index (χ3n) is 1.65. The minimum absolute atomic E-state index is 0.789. The van der Waals surface area contributed by atoms with E-state index >= 15 is 0 Å². The minimum Gasteiger partial charge on any atom is -0.447 e. The van der Waals surface area contributed by atoms with Crippen LogP contribution in [0.4, 0.5) is 0 Å². The Bertz CT molecular complexity index is 116. The van der Waals surface area contributed by atoms with Gasteiger partial charge in [-0.25, -0.2) is 0 Å². The van der Waals surface area contributed by atoms with Crippen molar-refractivity contribution in [2.24, 2.45) is 0 Å². The molecule has 0 amide bonds. The molecular formula is C11H20O. The van der Waals surface area contributed by atoms with Crippen molar-refractivity contribution in [1.29, 1.82) is 0 Å². The fourth-order valence-corrected chi connectivity index (χ4v) is 0.833. The van der Waals surface area contributed by atoms with Gasteiger partial charge >= 0.3 is 0 Å². The predicted octanol–water partition coefficient (Wildman–Crippen LogP) is 3.34. The molecule has 0 aliphatic heterocycles. The first kappa shape index (κ1) is 11.4. The zero-order valence-electron chi connectivity index (χ0n) is 8.36. The molecule has 0 unspecified atom stereocenters. The van der Waals surface area contributed by atoms with Crippen LogP contribution in [0.1, 0.15) is 52.4 Å². The third-order valence-corrected chi connectivity index (χ3v) is 1.65. The largest absolute Gasteiger partial charge is 0.447 e. The maximum Gasteiger partial charge on any atom is 0.110 e. The smallest absolute Gasteiger partial charge is 0.110 e. The van der Waals surface area contributed by atoms with Gasteiger partial charge in [0.2, 0.25) is 0 Å². The van der Waals surface area contributed by atoms with Crippen LogP contribution in [0.2, 0.25) is 0 Å². The zero-order chi connectivity index (χ0) is 9.07.